The maximum atomic E-state index is 12.1. The predicted molar refractivity (Wildman–Crippen MR) is 86.8 cm³/mol. The molecule has 0 aromatic heterocycles. The lowest BCUT2D eigenvalue weighted by Crippen LogP contribution is -2.24. The van der Waals surface area contributed by atoms with Crippen LogP contribution in [0.5, 0.6) is 0 Å². The minimum Gasteiger partial charge on any atom is -0.397 e. The SMILES string of the molecule is CCNS(=O)(=O)c1ccc(N)c(NC(CC)CC2CC2)c1. The van der Waals surface area contributed by atoms with Crippen LogP contribution in [0.2, 0.25) is 0 Å². The van der Waals surface area contributed by atoms with Crippen molar-refractivity contribution in [3.63, 3.8) is 0 Å². The Labute approximate surface area is 127 Å². The van der Waals surface area contributed by atoms with Crippen LogP contribution >= 0.6 is 0 Å². The van der Waals surface area contributed by atoms with Gasteiger partial charge in [-0.05, 0) is 37.0 Å². The molecule has 1 unspecified atom stereocenters. The van der Waals surface area contributed by atoms with Crippen molar-refractivity contribution in [1.82, 2.24) is 4.72 Å². The van der Waals surface area contributed by atoms with Crippen molar-refractivity contribution in [3.05, 3.63) is 18.2 Å². The van der Waals surface area contributed by atoms with Gasteiger partial charge in [0.05, 0.1) is 16.3 Å². The summed E-state index contributed by atoms with van der Waals surface area (Å²) in [7, 11) is -3.45. The third-order valence-corrected chi connectivity index (χ3v) is 5.38. The smallest absolute Gasteiger partial charge is 0.240 e. The van der Waals surface area contributed by atoms with E-state index in [4.69, 9.17) is 5.73 Å². The summed E-state index contributed by atoms with van der Waals surface area (Å²) < 4.78 is 26.6. The zero-order valence-corrected chi connectivity index (χ0v) is 13.5. The number of benzene rings is 1. The molecule has 1 aromatic carbocycles. The van der Waals surface area contributed by atoms with Crippen molar-refractivity contribution in [3.8, 4) is 0 Å². The molecule has 0 aliphatic heterocycles. The molecule has 1 saturated carbocycles. The minimum atomic E-state index is -3.45. The number of anilines is 2. The van der Waals surface area contributed by atoms with E-state index in [1.54, 1.807) is 25.1 Å². The summed E-state index contributed by atoms with van der Waals surface area (Å²) in [6, 6.07) is 5.16. The predicted octanol–water partition coefficient (Wildman–Crippen LogP) is 2.56. The van der Waals surface area contributed by atoms with Gasteiger partial charge in [-0.15, -0.1) is 0 Å². The van der Waals surface area contributed by atoms with Crippen molar-refractivity contribution < 1.29 is 8.42 Å². The maximum Gasteiger partial charge on any atom is 0.240 e. The Hall–Kier alpha value is -1.27. The third kappa shape index (κ3) is 4.35. The van der Waals surface area contributed by atoms with E-state index in [2.05, 4.69) is 17.0 Å². The van der Waals surface area contributed by atoms with Crippen LogP contribution < -0.4 is 15.8 Å². The van der Waals surface area contributed by atoms with Crippen LogP contribution in [-0.4, -0.2) is 21.0 Å². The highest BCUT2D eigenvalue weighted by Crippen LogP contribution is 2.35. The van der Waals surface area contributed by atoms with Gasteiger partial charge in [-0.25, -0.2) is 13.1 Å². The summed E-state index contributed by atoms with van der Waals surface area (Å²) in [4.78, 5) is 0.252. The molecule has 5 nitrogen and oxygen atoms in total. The normalized spacial score (nSPS) is 16.7. The first-order valence-corrected chi connectivity index (χ1v) is 9.10. The van der Waals surface area contributed by atoms with Crippen molar-refractivity contribution >= 4 is 21.4 Å². The summed E-state index contributed by atoms with van der Waals surface area (Å²) >= 11 is 0. The molecule has 118 valence electrons. The van der Waals surface area contributed by atoms with E-state index in [-0.39, 0.29) is 4.90 Å². The fourth-order valence-electron chi connectivity index (χ4n) is 2.40. The molecule has 6 heteroatoms. The van der Waals surface area contributed by atoms with Crippen molar-refractivity contribution in [2.75, 3.05) is 17.6 Å². The quantitative estimate of drug-likeness (QED) is 0.644. The van der Waals surface area contributed by atoms with Crippen molar-refractivity contribution in [2.24, 2.45) is 5.92 Å². The lowest BCUT2D eigenvalue weighted by atomic mass is 10.1. The van der Waals surface area contributed by atoms with Gasteiger partial charge in [0.25, 0.3) is 0 Å². The van der Waals surface area contributed by atoms with Crippen LogP contribution in [0.15, 0.2) is 23.1 Å². The highest BCUT2D eigenvalue weighted by atomic mass is 32.2. The lowest BCUT2D eigenvalue weighted by molar-refractivity contribution is 0.582. The second-order valence-corrected chi connectivity index (χ2v) is 7.45. The van der Waals surface area contributed by atoms with Crippen LogP contribution in [0.3, 0.4) is 0 Å². The summed E-state index contributed by atoms with van der Waals surface area (Å²) in [6.07, 6.45) is 4.74. The van der Waals surface area contributed by atoms with Gasteiger partial charge in [-0.3, -0.25) is 0 Å². The zero-order valence-electron chi connectivity index (χ0n) is 12.7. The number of nitrogens with two attached hydrogens (primary N) is 1. The van der Waals surface area contributed by atoms with Crippen molar-refractivity contribution in [1.29, 1.82) is 0 Å². The Morgan fingerprint density at radius 1 is 1.33 bits per heavy atom. The maximum absolute atomic E-state index is 12.1. The second kappa shape index (κ2) is 6.66. The van der Waals surface area contributed by atoms with Crippen LogP contribution in [0.25, 0.3) is 0 Å². The molecule has 0 radical (unpaired) electrons. The van der Waals surface area contributed by atoms with E-state index in [1.807, 2.05) is 0 Å². The molecule has 0 amide bonds. The van der Waals surface area contributed by atoms with E-state index in [0.29, 0.717) is 24.0 Å². The first-order valence-electron chi connectivity index (χ1n) is 7.62. The Kier molecular flexibility index (Phi) is 5.11. The molecule has 0 saturated heterocycles. The van der Waals surface area contributed by atoms with Crippen LogP contribution in [0.1, 0.15) is 39.5 Å². The average molecular weight is 311 g/mol. The van der Waals surface area contributed by atoms with Gasteiger partial charge >= 0.3 is 0 Å². The Morgan fingerprint density at radius 2 is 2.05 bits per heavy atom. The van der Waals surface area contributed by atoms with Gasteiger partial charge < -0.3 is 11.1 Å². The van der Waals surface area contributed by atoms with Crippen LogP contribution in [0, 0.1) is 5.92 Å². The number of sulfonamides is 1. The largest absolute Gasteiger partial charge is 0.397 e. The summed E-state index contributed by atoms with van der Waals surface area (Å²) in [5.41, 5.74) is 7.27. The van der Waals surface area contributed by atoms with Crippen LogP contribution in [-0.2, 0) is 10.0 Å². The molecule has 1 aliphatic rings. The lowest BCUT2D eigenvalue weighted by Gasteiger charge is -2.20. The molecule has 0 bridgehead atoms. The van der Waals surface area contributed by atoms with Gasteiger partial charge in [0, 0.05) is 12.6 Å². The monoisotopic (exact) mass is 311 g/mol. The second-order valence-electron chi connectivity index (χ2n) is 5.68. The average Bonchev–Trinajstić information content (AvgIpc) is 3.24. The van der Waals surface area contributed by atoms with Crippen molar-refractivity contribution in [2.45, 2.75) is 50.5 Å². The van der Waals surface area contributed by atoms with Crippen LogP contribution in [0.4, 0.5) is 11.4 Å². The topological polar surface area (TPSA) is 84.2 Å². The first kappa shape index (κ1) is 16.1. The van der Waals surface area contributed by atoms with Gasteiger partial charge in [0.15, 0.2) is 0 Å². The number of nitrogens with one attached hydrogen (secondary N) is 2. The minimum absolute atomic E-state index is 0.252. The van der Waals surface area contributed by atoms with E-state index in [0.717, 1.165) is 18.8 Å². The molecular formula is C15H25N3O2S. The first-order chi connectivity index (χ1) is 9.96. The number of hydrogen-bond acceptors (Lipinski definition) is 4. The molecule has 4 N–H and O–H groups in total. The molecule has 0 spiro atoms. The number of hydrogen-bond donors (Lipinski definition) is 3. The molecule has 0 heterocycles. The Bertz CT molecular complexity index is 583. The molecular weight excluding hydrogens is 286 g/mol. The summed E-state index contributed by atoms with van der Waals surface area (Å²) in [5, 5.41) is 3.41. The standard InChI is InChI=1S/C15H25N3O2S/c1-3-12(9-11-5-6-11)18-15-10-13(7-8-14(15)16)21(19,20)17-4-2/h7-8,10-12,17-18H,3-6,9,16H2,1-2H3. The number of rotatable bonds is 8. The molecule has 2 rings (SSSR count). The molecule has 21 heavy (non-hydrogen) atoms. The fourth-order valence-corrected chi connectivity index (χ4v) is 3.47. The fraction of sp³-hybridized carbons (Fsp3) is 0.600. The summed E-state index contributed by atoms with van der Waals surface area (Å²) in [6.45, 7) is 4.26. The third-order valence-electron chi connectivity index (χ3n) is 3.84. The van der Waals surface area contributed by atoms with E-state index >= 15 is 0 Å². The van der Waals surface area contributed by atoms with E-state index < -0.39 is 10.0 Å². The number of nitrogen functional groups attached to an aromatic ring is 1. The Morgan fingerprint density at radius 3 is 2.62 bits per heavy atom. The van der Waals surface area contributed by atoms with Gasteiger partial charge in [-0.1, -0.05) is 26.7 Å². The van der Waals surface area contributed by atoms with Gasteiger partial charge in [0.1, 0.15) is 0 Å². The molecule has 1 aliphatic carbocycles. The molecule has 1 atom stereocenters. The highest BCUT2D eigenvalue weighted by molar-refractivity contribution is 7.89. The molecule has 1 fully saturated rings. The Balaban J connectivity index is 2.18. The molecule has 1 aromatic rings. The van der Waals surface area contributed by atoms with E-state index in [9.17, 15) is 8.42 Å². The van der Waals surface area contributed by atoms with E-state index in [1.165, 1.54) is 12.8 Å². The highest BCUT2D eigenvalue weighted by Gasteiger charge is 2.25. The van der Waals surface area contributed by atoms with Gasteiger partial charge in [-0.2, -0.15) is 0 Å². The zero-order chi connectivity index (χ0) is 15.5. The summed E-state index contributed by atoms with van der Waals surface area (Å²) in [5.74, 6) is 0.817. The van der Waals surface area contributed by atoms with Gasteiger partial charge in [0.2, 0.25) is 10.0 Å².